The van der Waals surface area contributed by atoms with Crippen molar-refractivity contribution in [1.82, 2.24) is 0 Å². The minimum absolute atomic E-state index is 0.359. The van der Waals surface area contributed by atoms with Crippen molar-refractivity contribution in [3.05, 3.63) is 30.3 Å². The normalized spacial score (nSPS) is 12.5. The van der Waals surface area contributed by atoms with Gasteiger partial charge in [0.05, 0.1) is 6.61 Å². The second kappa shape index (κ2) is 5.30. The Labute approximate surface area is 88.8 Å². The summed E-state index contributed by atoms with van der Waals surface area (Å²) in [5.74, 6) is 2.27. The van der Waals surface area contributed by atoms with Gasteiger partial charge in [0.2, 0.25) is 0 Å². The molecule has 1 aromatic carbocycles. The molecule has 0 spiro atoms. The molecule has 14 heavy (non-hydrogen) atoms. The van der Waals surface area contributed by atoms with Crippen LogP contribution in [-0.2, 0) is 0 Å². The van der Waals surface area contributed by atoms with Crippen molar-refractivity contribution in [3.63, 3.8) is 0 Å². The van der Waals surface area contributed by atoms with Gasteiger partial charge in [-0.1, -0.05) is 18.2 Å². The molecule has 0 bridgehead atoms. The predicted octanol–water partition coefficient (Wildman–Crippen LogP) is 3.15. The molecule has 2 heteroatoms. The van der Waals surface area contributed by atoms with Crippen LogP contribution in [0.25, 0.3) is 0 Å². The fraction of sp³-hybridized carbons (Fsp3) is 0.500. The van der Waals surface area contributed by atoms with Crippen LogP contribution >= 0.6 is 10.0 Å². The van der Waals surface area contributed by atoms with Gasteiger partial charge in [-0.25, -0.2) is 10.0 Å². The zero-order valence-electron chi connectivity index (χ0n) is 9.32. The number of ether oxygens (including phenoxy) is 1. The van der Waals surface area contributed by atoms with E-state index >= 15 is 0 Å². The SMILES string of the molecule is CS(C)(C)CCCOc1ccccc1. The molecule has 0 amide bonds. The van der Waals surface area contributed by atoms with Crippen LogP contribution in [-0.4, -0.2) is 31.1 Å². The molecule has 0 fully saturated rings. The summed E-state index contributed by atoms with van der Waals surface area (Å²) in [6.07, 6.45) is 8.19. The van der Waals surface area contributed by atoms with E-state index in [-0.39, 0.29) is 10.0 Å². The van der Waals surface area contributed by atoms with Crippen LogP contribution in [0.2, 0.25) is 0 Å². The van der Waals surface area contributed by atoms with Crippen molar-refractivity contribution in [2.45, 2.75) is 6.42 Å². The van der Waals surface area contributed by atoms with Crippen molar-refractivity contribution in [2.75, 3.05) is 31.1 Å². The van der Waals surface area contributed by atoms with Gasteiger partial charge >= 0.3 is 0 Å². The minimum Gasteiger partial charge on any atom is -0.494 e. The van der Waals surface area contributed by atoms with E-state index in [4.69, 9.17) is 4.74 Å². The first-order valence-corrected chi connectivity index (χ1v) is 7.94. The molecule has 0 aliphatic heterocycles. The van der Waals surface area contributed by atoms with Gasteiger partial charge < -0.3 is 4.74 Å². The van der Waals surface area contributed by atoms with Gasteiger partial charge in [0, 0.05) is 0 Å². The van der Waals surface area contributed by atoms with Gasteiger partial charge in [-0.3, -0.25) is 0 Å². The number of benzene rings is 1. The Morgan fingerprint density at radius 1 is 1.07 bits per heavy atom. The van der Waals surface area contributed by atoms with E-state index in [1.807, 2.05) is 30.3 Å². The van der Waals surface area contributed by atoms with E-state index in [0.29, 0.717) is 0 Å². The van der Waals surface area contributed by atoms with Crippen LogP contribution < -0.4 is 4.74 Å². The molecule has 80 valence electrons. The summed E-state index contributed by atoms with van der Waals surface area (Å²) in [5, 5.41) is 0. The fourth-order valence-corrected chi connectivity index (χ4v) is 2.18. The Bertz CT molecular complexity index is 251. The Balaban J connectivity index is 2.17. The fourth-order valence-electron chi connectivity index (χ4n) is 1.20. The molecular formula is C12H20OS. The van der Waals surface area contributed by atoms with E-state index in [0.717, 1.165) is 18.8 Å². The molecule has 0 saturated heterocycles. The largest absolute Gasteiger partial charge is 0.494 e. The van der Waals surface area contributed by atoms with E-state index in [1.165, 1.54) is 5.75 Å². The average molecular weight is 212 g/mol. The molecule has 0 aromatic heterocycles. The highest BCUT2D eigenvalue weighted by atomic mass is 32.3. The molecule has 1 rings (SSSR count). The van der Waals surface area contributed by atoms with Gasteiger partial charge in [-0.15, -0.1) is 0 Å². The summed E-state index contributed by atoms with van der Waals surface area (Å²) in [6, 6.07) is 10.0. The summed E-state index contributed by atoms with van der Waals surface area (Å²) >= 11 is 0. The lowest BCUT2D eigenvalue weighted by Gasteiger charge is -2.24. The molecule has 0 heterocycles. The van der Waals surface area contributed by atoms with Crippen LogP contribution in [0.3, 0.4) is 0 Å². The van der Waals surface area contributed by atoms with Gasteiger partial charge in [0.25, 0.3) is 0 Å². The topological polar surface area (TPSA) is 9.23 Å². The van der Waals surface area contributed by atoms with Gasteiger partial charge in [0.15, 0.2) is 0 Å². The average Bonchev–Trinajstić information content (AvgIpc) is 2.13. The quantitative estimate of drug-likeness (QED) is 0.681. The Kier molecular flexibility index (Phi) is 4.33. The molecule has 0 unspecified atom stereocenters. The lowest BCUT2D eigenvalue weighted by molar-refractivity contribution is 0.318. The lowest BCUT2D eigenvalue weighted by atomic mass is 10.3. The van der Waals surface area contributed by atoms with E-state index in [9.17, 15) is 0 Å². The second-order valence-electron chi connectivity index (χ2n) is 4.31. The van der Waals surface area contributed by atoms with Crippen LogP contribution in [0.1, 0.15) is 6.42 Å². The molecule has 0 atom stereocenters. The first-order valence-electron chi connectivity index (χ1n) is 4.92. The summed E-state index contributed by atoms with van der Waals surface area (Å²) < 4.78 is 5.61. The van der Waals surface area contributed by atoms with Crippen LogP contribution in [0.5, 0.6) is 5.75 Å². The lowest BCUT2D eigenvalue weighted by Crippen LogP contribution is -2.05. The van der Waals surface area contributed by atoms with E-state index in [1.54, 1.807) is 0 Å². The third kappa shape index (κ3) is 5.18. The number of rotatable bonds is 5. The monoisotopic (exact) mass is 212 g/mol. The van der Waals surface area contributed by atoms with Gasteiger partial charge in [0.1, 0.15) is 5.75 Å². The smallest absolute Gasteiger partial charge is 0.119 e. The zero-order valence-corrected chi connectivity index (χ0v) is 10.1. The highest BCUT2D eigenvalue weighted by Crippen LogP contribution is 2.34. The summed E-state index contributed by atoms with van der Waals surface area (Å²) in [4.78, 5) is 0. The standard InChI is InChI=1S/C12H20OS/c1-14(2,3)11-7-10-13-12-8-5-4-6-9-12/h4-6,8-9H,7,10-11H2,1-3H3. The molecule has 0 aliphatic carbocycles. The van der Waals surface area contributed by atoms with Crippen LogP contribution in [0.15, 0.2) is 30.3 Å². The second-order valence-corrected chi connectivity index (χ2v) is 8.90. The molecule has 0 aliphatic rings. The van der Waals surface area contributed by atoms with Crippen molar-refractivity contribution < 1.29 is 4.74 Å². The molecular weight excluding hydrogens is 192 g/mol. The summed E-state index contributed by atoms with van der Waals surface area (Å²) in [5.41, 5.74) is 0. The molecule has 0 radical (unpaired) electrons. The Morgan fingerprint density at radius 2 is 1.71 bits per heavy atom. The zero-order chi connectivity index (χ0) is 10.4. The summed E-state index contributed by atoms with van der Waals surface area (Å²) in [6.45, 7) is 0.842. The van der Waals surface area contributed by atoms with Crippen molar-refractivity contribution in [3.8, 4) is 5.75 Å². The highest BCUT2D eigenvalue weighted by molar-refractivity contribution is 8.32. The van der Waals surface area contributed by atoms with Crippen LogP contribution in [0.4, 0.5) is 0 Å². The van der Waals surface area contributed by atoms with E-state index < -0.39 is 0 Å². The van der Waals surface area contributed by atoms with Crippen LogP contribution in [0, 0.1) is 0 Å². The molecule has 1 nitrogen and oxygen atoms in total. The van der Waals surface area contributed by atoms with Gasteiger partial charge in [-0.2, -0.15) is 0 Å². The number of hydrogen-bond acceptors (Lipinski definition) is 1. The minimum atomic E-state index is -0.359. The number of hydrogen-bond donors (Lipinski definition) is 0. The third-order valence-corrected chi connectivity index (χ3v) is 3.43. The van der Waals surface area contributed by atoms with Crippen molar-refractivity contribution in [1.29, 1.82) is 0 Å². The Morgan fingerprint density at radius 3 is 2.29 bits per heavy atom. The third-order valence-electron chi connectivity index (χ3n) is 1.91. The first-order chi connectivity index (χ1) is 6.58. The molecule has 0 N–H and O–H groups in total. The number of para-hydroxylation sites is 1. The highest BCUT2D eigenvalue weighted by Gasteiger charge is 2.02. The molecule has 1 aromatic rings. The summed E-state index contributed by atoms with van der Waals surface area (Å²) in [7, 11) is -0.359. The maximum Gasteiger partial charge on any atom is 0.119 e. The maximum absolute atomic E-state index is 5.61. The predicted molar refractivity (Wildman–Crippen MR) is 66.8 cm³/mol. The van der Waals surface area contributed by atoms with Gasteiger partial charge in [-0.05, 0) is 43.1 Å². The maximum atomic E-state index is 5.61. The van der Waals surface area contributed by atoms with Crippen molar-refractivity contribution >= 4 is 10.0 Å². The first kappa shape index (κ1) is 11.4. The molecule has 0 saturated carbocycles. The van der Waals surface area contributed by atoms with E-state index in [2.05, 4.69) is 18.8 Å². The van der Waals surface area contributed by atoms with Crippen molar-refractivity contribution in [2.24, 2.45) is 0 Å². The Hall–Kier alpha value is -0.630.